The van der Waals surface area contributed by atoms with Gasteiger partial charge in [0, 0.05) is 18.7 Å². The van der Waals surface area contributed by atoms with E-state index in [1.165, 1.54) is 12.1 Å². The van der Waals surface area contributed by atoms with Gasteiger partial charge in [-0.2, -0.15) is 4.98 Å². The van der Waals surface area contributed by atoms with Crippen molar-refractivity contribution in [1.82, 2.24) is 14.9 Å². The number of nitro groups is 1. The van der Waals surface area contributed by atoms with Crippen molar-refractivity contribution in [3.63, 3.8) is 0 Å². The number of hydrogen-bond donors (Lipinski definition) is 1. The van der Waals surface area contributed by atoms with Crippen molar-refractivity contribution >= 4 is 22.8 Å². The number of non-ortho nitro benzene ring substituents is 1. The Morgan fingerprint density at radius 2 is 2.23 bits per heavy atom. The number of aromatic nitrogens is 2. The third kappa shape index (κ3) is 4.04. The van der Waals surface area contributed by atoms with Crippen LogP contribution in [0, 0.1) is 10.1 Å². The predicted molar refractivity (Wildman–Crippen MR) is 94.2 cm³/mol. The van der Waals surface area contributed by atoms with Crippen molar-refractivity contribution < 1.29 is 19.2 Å². The van der Waals surface area contributed by atoms with Crippen LogP contribution in [0.5, 0.6) is 6.01 Å². The largest absolute Gasteiger partial charge is 0.463 e. The molecule has 26 heavy (non-hydrogen) atoms. The molecule has 0 bridgehead atoms. The Bertz CT molecular complexity index is 826. The topological polar surface area (TPSA) is 111 Å². The van der Waals surface area contributed by atoms with Crippen LogP contribution in [0.25, 0.3) is 11.0 Å². The summed E-state index contributed by atoms with van der Waals surface area (Å²) in [5.74, 6) is 0. The second-order valence-corrected chi connectivity index (χ2v) is 7.28. The third-order valence-electron chi connectivity index (χ3n) is 4.07. The van der Waals surface area contributed by atoms with E-state index in [1.54, 1.807) is 11.0 Å². The molecule has 9 heteroatoms. The van der Waals surface area contributed by atoms with Gasteiger partial charge in [-0.3, -0.25) is 10.1 Å². The number of amides is 1. The second kappa shape index (κ2) is 6.81. The smallest absolute Gasteiger partial charge is 0.410 e. The first-order chi connectivity index (χ1) is 12.2. The lowest BCUT2D eigenvalue weighted by molar-refractivity contribution is -0.384. The van der Waals surface area contributed by atoms with Gasteiger partial charge in [-0.1, -0.05) is 0 Å². The van der Waals surface area contributed by atoms with E-state index in [2.05, 4.69) is 9.97 Å². The number of imidazole rings is 1. The summed E-state index contributed by atoms with van der Waals surface area (Å²) in [4.78, 5) is 31.5. The monoisotopic (exact) mass is 362 g/mol. The lowest BCUT2D eigenvalue weighted by atomic mass is 10.2. The van der Waals surface area contributed by atoms with E-state index in [-0.39, 0.29) is 30.4 Å². The first-order valence-electron chi connectivity index (χ1n) is 8.49. The van der Waals surface area contributed by atoms with Gasteiger partial charge in [0.15, 0.2) is 0 Å². The van der Waals surface area contributed by atoms with Crippen LogP contribution in [0.3, 0.4) is 0 Å². The summed E-state index contributed by atoms with van der Waals surface area (Å²) in [5.41, 5.74) is 0.559. The molecule has 0 radical (unpaired) electrons. The van der Waals surface area contributed by atoms with Crippen LogP contribution in [0.2, 0.25) is 0 Å². The van der Waals surface area contributed by atoms with Crippen molar-refractivity contribution in [1.29, 1.82) is 0 Å². The number of aromatic amines is 1. The number of ether oxygens (including phenoxy) is 2. The van der Waals surface area contributed by atoms with Crippen molar-refractivity contribution in [2.75, 3.05) is 13.2 Å². The number of nitro benzene ring substituents is 1. The zero-order valence-electron chi connectivity index (χ0n) is 15.0. The molecule has 1 saturated heterocycles. The molecule has 2 aromatic rings. The number of rotatable bonds is 4. The molecule has 0 aliphatic carbocycles. The fourth-order valence-corrected chi connectivity index (χ4v) is 2.90. The Morgan fingerprint density at radius 1 is 1.46 bits per heavy atom. The molecule has 1 aromatic carbocycles. The van der Waals surface area contributed by atoms with Crippen molar-refractivity contribution in [2.45, 2.75) is 45.3 Å². The normalized spacial score (nSPS) is 17.5. The molecule has 2 heterocycles. The average molecular weight is 362 g/mol. The van der Waals surface area contributed by atoms with Crippen LogP contribution in [0.15, 0.2) is 18.2 Å². The fourth-order valence-electron chi connectivity index (χ4n) is 2.90. The molecule has 9 nitrogen and oxygen atoms in total. The van der Waals surface area contributed by atoms with Crippen LogP contribution in [-0.4, -0.2) is 50.7 Å². The molecular weight excluding hydrogens is 340 g/mol. The standard InChI is InChI=1S/C17H22N4O5/c1-17(2,3)26-16(22)20-8-4-5-12(20)10-25-15-18-13-7-6-11(21(23)24)9-14(13)19-15/h6-7,9,12H,4-5,8,10H2,1-3H3,(H,18,19). The minimum atomic E-state index is -0.543. The molecule has 1 atom stereocenters. The quantitative estimate of drug-likeness (QED) is 0.660. The highest BCUT2D eigenvalue weighted by atomic mass is 16.6. The fraction of sp³-hybridized carbons (Fsp3) is 0.529. The van der Waals surface area contributed by atoms with Crippen LogP contribution in [-0.2, 0) is 4.74 Å². The Labute approximate surface area is 150 Å². The maximum atomic E-state index is 12.3. The number of carbonyl (C=O) groups excluding carboxylic acids is 1. The second-order valence-electron chi connectivity index (χ2n) is 7.28. The number of fused-ring (bicyclic) bond motifs is 1. The van der Waals surface area contributed by atoms with Gasteiger partial charge >= 0.3 is 6.09 Å². The number of nitrogens with zero attached hydrogens (tertiary/aromatic N) is 3. The SMILES string of the molecule is CC(C)(C)OC(=O)N1CCCC1COc1nc2ccc([N+](=O)[O-])cc2[nH]1. The Balaban J connectivity index is 1.65. The molecule has 1 unspecified atom stereocenters. The van der Waals surface area contributed by atoms with Crippen LogP contribution in [0.4, 0.5) is 10.5 Å². The first kappa shape index (κ1) is 18.0. The molecule has 0 spiro atoms. The van der Waals surface area contributed by atoms with Crippen molar-refractivity contribution in [3.8, 4) is 6.01 Å². The van der Waals surface area contributed by atoms with E-state index in [9.17, 15) is 14.9 Å². The highest BCUT2D eigenvalue weighted by molar-refractivity contribution is 5.78. The molecule has 1 aliphatic heterocycles. The van der Waals surface area contributed by atoms with E-state index in [4.69, 9.17) is 9.47 Å². The lowest BCUT2D eigenvalue weighted by Gasteiger charge is -2.28. The number of benzene rings is 1. The molecule has 1 aromatic heterocycles. The summed E-state index contributed by atoms with van der Waals surface area (Å²) in [6, 6.07) is 4.56. The average Bonchev–Trinajstić information content (AvgIpc) is 3.16. The molecule has 1 aliphatic rings. The van der Waals surface area contributed by atoms with E-state index < -0.39 is 10.5 Å². The Morgan fingerprint density at radius 3 is 2.92 bits per heavy atom. The summed E-state index contributed by atoms with van der Waals surface area (Å²) in [6.45, 7) is 6.41. The lowest BCUT2D eigenvalue weighted by Crippen LogP contribution is -2.42. The third-order valence-corrected chi connectivity index (χ3v) is 4.07. The van der Waals surface area contributed by atoms with Crippen molar-refractivity contribution in [3.05, 3.63) is 28.3 Å². The molecule has 1 N–H and O–H groups in total. The highest BCUT2D eigenvalue weighted by Gasteiger charge is 2.32. The minimum absolute atomic E-state index is 0.0143. The number of nitrogens with one attached hydrogen (secondary N) is 1. The highest BCUT2D eigenvalue weighted by Crippen LogP contribution is 2.24. The molecule has 140 valence electrons. The van der Waals surface area contributed by atoms with E-state index in [1.807, 2.05) is 20.8 Å². The number of carbonyl (C=O) groups is 1. The van der Waals surface area contributed by atoms with Gasteiger partial charge in [0.2, 0.25) is 0 Å². The van der Waals surface area contributed by atoms with E-state index >= 15 is 0 Å². The van der Waals surface area contributed by atoms with Gasteiger partial charge in [0.1, 0.15) is 12.2 Å². The molecule has 1 amide bonds. The predicted octanol–water partition coefficient (Wildman–Crippen LogP) is 3.25. The van der Waals surface area contributed by atoms with Gasteiger partial charge < -0.3 is 19.4 Å². The Kier molecular flexibility index (Phi) is 4.71. The summed E-state index contributed by atoms with van der Waals surface area (Å²) < 4.78 is 11.1. The number of hydrogen-bond acceptors (Lipinski definition) is 6. The van der Waals surface area contributed by atoms with E-state index in [0.29, 0.717) is 17.6 Å². The number of H-pyrrole nitrogens is 1. The zero-order valence-corrected chi connectivity index (χ0v) is 15.0. The summed E-state index contributed by atoms with van der Waals surface area (Å²) in [6.07, 6.45) is 1.37. The molecular formula is C17H22N4O5. The molecule has 1 fully saturated rings. The van der Waals surface area contributed by atoms with Crippen LogP contribution >= 0.6 is 0 Å². The summed E-state index contributed by atoms with van der Waals surface area (Å²) >= 11 is 0. The maximum absolute atomic E-state index is 12.3. The maximum Gasteiger partial charge on any atom is 0.410 e. The molecule has 0 saturated carbocycles. The van der Waals surface area contributed by atoms with Gasteiger partial charge in [-0.25, -0.2) is 4.79 Å². The Hall–Kier alpha value is -2.84. The van der Waals surface area contributed by atoms with E-state index in [0.717, 1.165) is 12.8 Å². The summed E-state index contributed by atoms with van der Waals surface area (Å²) in [7, 11) is 0. The van der Waals surface area contributed by atoms with Crippen LogP contribution < -0.4 is 4.74 Å². The summed E-state index contributed by atoms with van der Waals surface area (Å²) in [5, 5.41) is 10.8. The minimum Gasteiger partial charge on any atom is -0.463 e. The van der Waals surface area contributed by atoms with Gasteiger partial charge in [0.25, 0.3) is 11.7 Å². The van der Waals surface area contributed by atoms with Gasteiger partial charge in [0.05, 0.1) is 22.0 Å². The first-order valence-corrected chi connectivity index (χ1v) is 8.49. The van der Waals surface area contributed by atoms with Crippen LogP contribution in [0.1, 0.15) is 33.6 Å². The zero-order chi connectivity index (χ0) is 18.9. The molecule has 3 rings (SSSR count). The van der Waals surface area contributed by atoms with Crippen molar-refractivity contribution in [2.24, 2.45) is 0 Å². The number of likely N-dealkylation sites (tertiary alicyclic amines) is 1. The van der Waals surface area contributed by atoms with Gasteiger partial charge in [-0.15, -0.1) is 0 Å². The van der Waals surface area contributed by atoms with Gasteiger partial charge in [-0.05, 0) is 39.7 Å².